The molecule has 1 aliphatic rings. The molecule has 1 aliphatic heterocycles. The molecule has 1 N–H and O–H groups in total. The summed E-state index contributed by atoms with van der Waals surface area (Å²) in [6, 6.07) is -0.396. The number of nitrogens with one attached hydrogen (secondary N) is 1. The largest absolute Gasteiger partial charge is 0.301 e. The molecule has 0 bridgehead atoms. The Morgan fingerprint density at radius 1 is 1.47 bits per heavy atom. The van der Waals surface area contributed by atoms with Gasteiger partial charge >= 0.3 is 0 Å². The Balaban J connectivity index is 1.98. The monoisotopic (exact) mass is 236 g/mol. The van der Waals surface area contributed by atoms with Crippen LogP contribution in [0.25, 0.3) is 0 Å². The summed E-state index contributed by atoms with van der Waals surface area (Å²) in [5.74, 6) is -0.285. The van der Waals surface area contributed by atoms with E-state index in [-0.39, 0.29) is 18.2 Å². The molecule has 92 valence electrons. The molecular weight excluding hydrogens is 220 g/mol. The zero-order valence-electron chi connectivity index (χ0n) is 10.2. The van der Waals surface area contributed by atoms with E-state index >= 15 is 0 Å². The molecule has 0 aliphatic carbocycles. The number of amides is 2. The van der Waals surface area contributed by atoms with Crippen LogP contribution < -0.4 is 5.32 Å². The molecule has 1 aromatic heterocycles. The zero-order chi connectivity index (χ0) is 12.6. The van der Waals surface area contributed by atoms with Gasteiger partial charge in [-0.3, -0.25) is 19.2 Å². The molecule has 1 unspecified atom stereocenters. The SMILES string of the molecule is Cc1c(CNC2CC(=O)N(C)C2=O)cnn1C. The average Bonchev–Trinajstić information content (AvgIpc) is 2.74. The highest BCUT2D eigenvalue weighted by molar-refractivity contribution is 6.05. The lowest BCUT2D eigenvalue weighted by molar-refractivity contribution is -0.137. The first-order chi connectivity index (χ1) is 8.00. The Morgan fingerprint density at radius 2 is 2.18 bits per heavy atom. The molecule has 1 saturated heterocycles. The van der Waals surface area contributed by atoms with Crippen molar-refractivity contribution in [2.75, 3.05) is 7.05 Å². The smallest absolute Gasteiger partial charge is 0.246 e. The van der Waals surface area contributed by atoms with Crippen molar-refractivity contribution >= 4 is 11.8 Å². The first kappa shape index (κ1) is 11.8. The predicted octanol–water partition coefficient (Wildman–Crippen LogP) is -0.425. The van der Waals surface area contributed by atoms with E-state index in [9.17, 15) is 9.59 Å². The minimum absolute atomic E-state index is 0.129. The van der Waals surface area contributed by atoms with Gasteiger partial charge in [0.25, 0.3) is 0 Å². The van der Waals surface area contributed by atoms with Gasteiger partial charge in [-0.1, -0.05) is 0 Å². The fourth-order valence-electron chi connectivity index (χ4n) is 1.87. The van der Waals surface area contributed by atoms with E-state index in [2.05, 4.69) is 10.4 Å². The third kappa shape index (κ3) is 2.08. The van der Waals surface area contributed by atoms with Crippen LogP contribution in [-0.4, -0.2) is 39.6 Å². The number of aryl methyl sites for hydroxylation is 1. The minimum Gasteiger partial charge on any atom is -0.301 e. The van der Waals surface area contributed by atoms with E-state index in [1.807, 2.05) is 14.0 Å². The van der Waals surface area contributed by atoms with E-state index in [4.69, 9.17) is 0 Å². The van der Waals surface area contributed by atoms with E-state index in [1.165, 1.54) is 11.9 Å². The fourth-order valence-corrected chi connectivity index (χ4v) is 1.87. The van der Waals surface area contributed by atoms with Crippen LogP contribution in [0, 0.1) is 6.92 Å². The van der Waals surface area contributed by atoms with E-state index in [0.717, 1.165) is 11.3 Å². The number of aromatic nitrogens is 2. The Bertz CT molecular complexity index is 466. The van der Waals surface area contributed by atoms with E-state index in [0.29, 0.717) is 6.54 Å². The summed E-state index contributed by atoms with van der Waals surface area (Å²) < 4.78 is 1.78. The van der Waals surface area contributed by atoms with Crippen molar-refractivity contribution in [1.82, 2.24) is 20.0 Å². The second kappa shape index (κ2) is 4.29. The summed E-state index contributed by atoms with van der Waals surface area (Å²) in [5.41, 5.74) is 2.10. The highest BCUT2D eigenvalue weighted by Crippen LogP contribution is 2.12. The number of nitrogens with zero attached hydrogens (tertiary/aromatic N) is 3. The van der Waals surface area contributed by atoms with Gasteiger partial charge in [-0.05, 0) is 6.92 Å². The van der Waals surface area contributed by atoms with Crippen molar-refractivity contribution in [3.05, 3.63) is 17.5 Å². The maximum Gasteiger partial charge on any atom is 0.246 e. The number of likely N-dealkylation sites (N-methyl/N-ethyl adjacent to an activating group) is 1. The lowest BCUT2D eigenvalue weighted by Crippen LogP contribution is -2.36. The number of carbonyl (C=O) groups excluding carboxylic acids is 2. The third-order valence-electron chi connectivity index (χ3n) is 3.26. The molecule has 2 heterocycles. The lowest BCUT2D eigenvalue weighted by Gasteiger charge is -2.10. The number of rotatable bonds is 3. The summed E-state index contributed by atoms with van der Waals surface area (Å²) in [5, 5.41) is 7.22. The Kier molecular flexibility index (Phi) is 2.97. The average molecular weight is 236 g/mol. The maximum atomic E-state index is 11.6. The van der Waals surface area contributed by atoms with Crippen LogP contribution in [-0.2, 0) is 23.2 Å². The van der Waals surface area contributed by atoms with Crippen molar-refractivity contribution in [2.45, 2.75) is 25.9 Å². The molecule has 0 radical (unpaired) electrons. The molecule has 1 atom stereocenters. The molecule has 0 saturated carbocycles. The quantitative estimate of drug-likeness (QED) is 0.723. The molecule has 2 amide bonds. The van der Waals surface area contributed by atoms with Crippen molar-refractivity contribution < 1.29 is 9.59 Å². The molecule has 0 spiro atoms. The number of imide groups is 1. The first-order valence-electron chi connectivity index (χ1n) is 5.52. The number of likely N-dealkylation sites (tertiary alicyclic amines) is 1. The van der Waals surface area contributed by atoms with Crippen LogP contribution in [0.2, 0.25) is 0 Å². The predicted molar refractivity (Wildman–Crippen MR) is 61.0 cm³/mol. The van der Waals surface area contributed by atoms with Crippen LogP contribution in [0.5, 0.6) is 0 Å². The van der Waals surface area contributed by atoms with Crippen LogP contribution in [0.4, 0.5) is 0 Å². The Morgan fingerprint density at radius 3 is 2.65 bits per heavy atom. The highest BCUT2D eigenvalue weighted by atomic mass is 16.2. The molecule has 6 nitrogen and oxygen atoms in total. The minimum atomic E-state index is -0.396. The summed E-state index contributed by atoms with van der Waals surface area (Å²) in [6.45, 7) is 2.52. The van der Waals surface area contributed by atoms with E-state index < -0.39 is 6.04 Å². The van der Waals surface area contributed by atoms with Crippen LogP contribution in [0.15, 0.2) is 6.20 Å². The van der Waals surface area contributed by atoms with Gasteiger partial charge in [0.05, 0.1) is 18.7 Å². The van der Waals surface area contributed by atoms with Gasteiger partial charge in [0.15, 0.2) is 0 Å². The topological polar surface area (TPSA) is 67.2 Å². The second-order valence-corrected chi connectivity index (χ2v) is 4.31. The summed E-state index contributed by atoms with van der Waals surface area (Å²) >= 11 is 0. The highest BCUT2D eigenvalue weighted by Gasteiger charge is 2.35. The molecule has 2 rings (SSSR count). The van der Waals surface area contributed by atoms with Gasteiger partial charge in [-0.15, -0.1) is 0 Å². The number of hydrogen-bond acceptors (Lipinski definition) is 4. The maximum absolute atomic E-state index is 11.6. The molecule has 1 aromatic rings. The molecule has 0 aromatic carbocycles. The van der Waals surface area contributed by atoms with Gasteiger partial charge < -0.3 is 5.32 Å². The number of carbonyl (C=O) groups is 2. The summed E-state index contributed by atoms with van der Waals surface area (Å²) in [7, 11) is 3.39. The summed E-state index contributed by atoms with van der Waals surface area (Å²) in [4.78, 5) is 24.1. The molecule has 1 fully saturated rings. The van der Waals surface area contributed by atoms with Crippen molar-refractivity contribution in [2.24, 2.45) is 7.05 Å². The van der Waals surface area contributed by atoms with Crippen molar-refractivity contribution in [3.8, 4) is 0 Å². The lowest BCUT2D eigenvalue weighted by atomic mass is 10.2. The third-order valence-corrected chi connectivity index (χ3v) is 3.26. The molecule has 17 heavy (non-hydrogen) atoms. The van der Waals surface area contributed by atoms with Gasteiger partial charge in [-0.25, -0.2) is 0 Å². The number of hydrogen-bond donors (Lipinski definition) is 1. The van der Waals surface area contributed by atoms with E-state index in [1.54, 1.807) is 10.9 Å². The van der Waals surface area contributed by atoms with Gasteiger partial charge in [0.2, 0.25) is 11.8 Å². The molecular formula is C11H16N4O2. The first-order valence-corrected chi connectivity index (χ1v) is 5.52. The van der Waals surface area contributed by atoms with Gasteiger partial charge in [-0.2, -0.15) is 5.10 Å². The van der Waals surface area contributed by atoms with Crippen LogP contribution in [0.1, 0.15) is 17.7 Å². The van der Waals surface area contributed by atoms with Gasteiger partial charge in [0.1, 0.15) is 0 Å². The van der Waals surface area contributed by atoms with Crippen molar-refractivity contribution in [3.63, 3.8) is 0 Å². The summed E-state index contributed by atoms with van der Waals surface area (Å²) in [6.07, 6.45) is 2.02. The second-order valence-electron chi connectivity index (χ2n) is 4.31. The van der Waals surface area contributed by atoms with Crippen molar-refractivity contribution in [1.29, 1.82) is 0 Å². The van der Waals surface area contributed by atoms with Gasteiger partial charge in [0, 0.05) is 31.9 Å². The standard InChI is InChI=1S/C11H16N4O2/c1-7-8(6-13-15(7)3)5-12-9-4-10(16)14(2)11(9)17/h6,9,12H,4-5H2,1-3H3. The molecule has 6 heteroatoms. The Labute approximate surface area is 99.6 Å². The zero-order valence-corrected chi connectivity index (χ0v) is 10.2. The van der Waals surface area contributed by atoms with Crippen LogP contribution >= 0.6 is 0 Å². The fraction of sp³-hybridized carbons (Fsp3) is 0.545. The normalized spacial score (nSPS) is 20.4. The Hall–Kier alpha value is -1.69. The van der Waals surface area contributed by atoms with Crippen LogP contribution in [0.3, 0.4) is 0 Å².